The molecule has 2 amide bonds. The largest absolute Gasteiger partial charge is 0.494 e. The third-order valence-corrected chi connectivity index (χ3v) is 8.15. The monoisotopic (exact) mass is 607 g/mol. The maximum Gasteiger partial charge on any atom is 0.243 e. The van der Waals surface area contributed by atoms with Crippen molar-refractivity contribution in [2.75, 3.05) is 23.7 Å². The fourth-order valence-corrected chi connectivity index (χ4v) is 5.82. The zero-order valence-corrected chi connectivity index (χ0v) is 27.0. The molecule has 0 aliphatic heterocycles. The summed E-state index contributed by atoms with van der Waals surface area (Å²) >= 11 is 0. The number of carbonyl (C=O) groups is 2. The van der Waals surface area contributed by atoms with Crippen LogP contribution >= 0.6 is 0 Å². The summed E-state index contributed by atoms with van der Waals surface area (Å²) in [6.07, 6.45) is 1.86. The molecule has 0 aromatic heterocycles. The van der Waals surface area contributed by atoms with E-state index in [0.717, 1.165) is 22.9 Å². The summed E-state index contributed by atoms with van der Waals surface area (Å²) in [6.45, 7) is 10.5. The van der Waals surface area contributed by atoms with Crippen LogP contribution in [0.25, 0.3) is 0 Å². The van der Waals surface area contributed by atoms with Crippen molar-refractivity contribution in [1.82, 2.24) is 10.2 Å². The highest BCUT2D eigenvalue weighted by atomic mass is 32.2. The summed E-state index contributed by atoms with van der Waals surface area (Å²) in [4.78, 5) is 29.4. The molecule has 0 saturated heterocycles. The maximum atomic E-state index is 14.0. The zero-order valence-electron chi connectivity index (χ0n) is 26.2. The number of carbonyl (C=O) groups excluding carboxylic acids is 2. The maximum absolute atomic E-state index is 14.0. The summed E-state index contributed by atoms with van der Waals surface area (Å²) in [6, 6.07) is 23.6. The second-order valence-electron chi connectivity index (χ2n) is 11.8. The Labute approximate surface area is 257 Å². The van der Waals surface area contributed by atoms with Crippen LogP contribution < -0.4 is 14.4 Å². The van der Waals surface area contributed by atoms with Gasteiger partial charge < -0.3 is 15.0 Å². The van der Waals surface area contributed by atoms with E-state index in [2.05, 4.69) is 5.32 Å². The minimum Gasteiger partial charge on any atom is -0.494 e. The van der Waals surface area contributed by atoms with Gasteiger partial charge >= 0.3 is 0 Å². The van der Waals surface area contributed by atoms with Gasteiger partial charge in [0.2, 0.25) is 21.8 Å². The second-order valence-corrected chi connectivity index (χ2v) is 13.7. The molecule has 0 fully saturated rings. The number of benzene rings is 3. The van der Waals surface area contributed by atoms with E-state index in [-0.39, 0.29) is 37.7 Å². The fraction of sp³-hybridized carbons (Fsp3) is 0.412. The lowest BCUT2D eigenvalue weighted by Gasteiger charge is -2.34. The van der Waals surface area contributed by atoms with Crippen LogP contribution in [0.15, 0.2) is 78.9 Å². The first kappa shape index (κ1) is 33.6. The van der Waals surface area contributed by atoms with Crippen molar-refractivity contribution >= 4 is 27.5 Å². The third-order valence-electron chi connectivity index (χ3n) is 6.96. The number of hydrogen-bond acceptors (Lipinski definition) is 5. The summed E-state index contributed by atoms with van der Waals surface area (Å²) in [7, 11) is -3.60. The molecular weight excluding hydrogens is 562 g/mol. The molecule has 3 rings (SSSR count). The average Bonchev–Trinajstić information content (AvgIpc) is 2.93. The first-order valence-electron chi connectivity index (χ1n) is 14.7. The highest BCUT2D eigenvalue weighted by molar-refractivity contribution is 7.92. The molecule has 0 aliphatic carbocycles. The van der Waals surface area contributed by atoms with Gasteiger partial charge in [0.25, 0.3) is 0 Å². The van der Waals surface area contributed by atoms with E-state index in [4.69, 9.17) is 4.74 Å². The van der Waals surface area contributed by atoms with Crippen molar-refractivity contribution in [1.29, 1.82) is 0 Å². The zero-order chi connectivity index (χ0) is 31.6. The highest BCUT2D eigenvalue weighted by Crippen LogP contribution is 2.23. The van der Waals surface area contributed by atoms with Crippen molar-refractivity contribution in [3.05, 3.63) is 95.6 Å². The molecule has 1 N–H and O–H groups in total. The van der Waals surface area contributed by atoms with Gasteiger partial charge in [-0.05, 0) is 82.0 Å². The van der Waals surface area contributed by atoms with Crippen LogP contribution in [0.1, 0.15) is 57.2 Å². The predicted octanol–water partition coefficient (Wildman–Crippen LogP) is 5.49. The Morgan fingerprint density at radius 2 is 1.56 bits per heavy atom. The van der Waals surface area contributed by atoms with E-state index in [1.807, 2.05) is 89.2 Å². The minimum atomic E-state index is -3.60. The second kappa shape index (κ2) is 15.0. The van der Waals surface area contributed by atoms with Gasteiger partial charge in [0, 0.05) is 31.5 Å². The van der Waals surface area contributed by atoms with E-state index < -0.39 is 21.6 Å². The summed E-state index contributed by atoms with van der Waals surface area (Å²) < 4.78 is 32.2. The van der Waals surface area contributed by atoms with Crippen LogP contribution in [0, 0.1) is 6.92 Å². The predicted molar refractivity (Wildman–Crippen MR) is 173 cm³/mol. The van der Waals surface area contributed by atoms with Crippen molar-refractivity contribution in [3.8, 4) is 5.75 Å². The Balaban J connectivity index is 1.89. The third kappa shape index (κ3) is 10.4. The van der Waals surface area contributed by atoms with Gasteiger partial charge in [-0.3, -0.25) is 13.9 Å². The molecule has 8 nitrogen and oxygen atoms in total. The van der Waals surface area contributed by atoms with E-state index in [9.17, 15) is 18.0 Å². The molecule has 3 aromatic rings. The first-order valence-corrected chi connectivity index (χ1v) is 16.5. The molecule has 0 aliphatic rings. The van der Waals surface area contributed by atoms with Crippen molar-refractivity contribution < 1.29 is 22.7 Å². The molecule has 0 radical (unpaired) electrons. The van der Waals surface area contributed by atoms with Crippen molar-refractivity contribution in [3.63, 3.8) is 0 Å². The number of aryl methyl sites for hydroxylation is 1. The van der Waals surface area contributed by atoms with Gasteiger partial charge in [-0.2, -0.15) is 0 Å². The van der Waals surface area contributed by atoms with Crippen LogP contribution in [-0.4, -0.2) is 56.1 Å². The van der Waals surface area contributed by atoms with Crippen LogP contribution in [-0.2, 0) is 32.6 Å². The van der Waals surface area contributed by atoms with E-state index in [1.54, 1.807) is 29.2 Å². The number of nitrogens with zero attached hydrogens (tertiary/aromatic N) is 2. The molecule has 0 bridgehead atoms. The Morgan fingerprint density at radius 3 is 2.14 bits per heavy atom. The van der Waals surface area contributed by atoms with Gasteiger partial charge in [0.15, 0.2) is 0 Å². The fourth-order valence-electron chi connectivity index (χ4n) is 4.86. The lowest BCUT2D eigenvalue weighted by molar-refractivity contribution is -0.142. The molecule has 0 saturated carbocycles. The van der Waals surface area contributed by atoms with Crippen LogP contribution in [0.5, 0.6) is 5.75 Å². The molecule has 1 atom stereocenters. The smallest absolute Gasteiger partial charge is 0.243 e. The number of amides is 2. The number of nitrogens with one attached hydrogen (secondary N) is 1. The number of hydrogen-bond donors (Lipinski definition) is 1. The van der Waals surface area contributed by atoms with Gasteiger partial charge in [-0.1, -0.05) is 54.6 Å². The van der Waals surface area contributed by atoms with Gasteiger partial charge in [0.05, 0.1) is 18.6 Å². The normalized spacial score (nSPS) is 12.3. The molecular formula is C34H45N3O5S. The summed E-state index contributed by atoms with van der Waals surface area (Å²) in [5.41, 5.74) is 2.93. The molecule has 9 heteroatoms. The first-order chi connectivity index (χ1) is 20.3. The highest BCUT2D eigenvalue weighted by Gasteiger charge is 2.32. The SMILES string of the molecule is CCOc1ccc(N(CCCC(=O)N(Cc2ccccc2C)[C@@H](Cc2ccccc2)C(=O)NC(C)(C)C)S(C)(=O)=O)cc1. The molecule has 43 heavy (non-hydrogen) atoms. The topological polar surface area (TPSA) is 96.0 Å². The van der Waals surface area contributed by atoms with Gasteiger partial charge in [-0.25, -0.2) is 8.42 Å². The number of ether oxygens (including phenoxy) is 1. The molecule has 0 heterocycles. The Hall–Kier alpha value is -3.85. The molecule has 232 valence electrons. The van der Waals surface area contributed by atoms with Crippen LogP contribution in [0.4, 0.5) is 5.69 Å². The Kier molecular flexibility index (Phi) is 11.8. The molecule has 3 aromatic carbocycles. The lowest BCUT2D eigenvalue weighted by atomic mass is 9.99. The molecule has 0 spiro atoms. The number of anilines is 1. The quantitative estimate of drug-likeness (QED) is 0.261. The average molecular weight is 608 g/mol. The summed E-state index contributed by atoms with van der Waals surface area (Å²) in [5, 5.41) is 3.07. The molecule has 0 unspecified atom stereocenters. The van der Waals surface area contributed by atoms with E-state index in [1.165, 1.54) is 4.31 Å². The minimum absolute atomic E-state index is 0.0724. The van der Waals surface area contributed by atoms with Gasteiger partial charge in [0.1, 0.15) is 11.8 Å². The Morgan fingerprint density at radius 1 is 0.930 bits per heavy atom. The Bertz CT molecular complexity index is 1450. The number of rotatable bonds is 14. The van der Waals surface area contributed by atoms with E-state index >= 15 is 0 Å². The standard InChI is InChI=1S/C34H45N3O5S/c1-7-42-30-21-19-29(20-22-30)37(43(6,40)41)23-13-18-32(38)36(25-28-17-12-11-14-26(28)2)31(33(39)35-34(3,4)5)24-27-15-9-8-10-16-27/h8-12,14-17,19-22,31H,7,13,18,23-25H2,1-6H3,(H,35,39)/t31-/m0/s1. The summed E-state index contributed by atoms with van der Waals surface area (Å²) in [5.74, 6) is 0.207. The van der Waals surface area contributed by atoms with Crippen molar-refractivity contribution in [2.45, 2.75) is 72.0 Å². The van der Waals surface area contributed by atoms with Crippen LogP contribution in [0.2, 0.25) is 0 Å². The van der Waals surface area contributed by atoms with Gasteiger partial charge in [-0.15, -0.1) is 0 Å². The number of sulfonamides is 1. The van der Waals surface area contributed by atoms with Crippen molar-refractivity contribution in [2.24, 2.45) is 0 Å². The van der Waals surface area contributed by atoms with E-state index in [0.29, 0.717) is 24.5 Å². The lowest BCUT2D eigenvalue weighted by Crippen LogP contribution is -2.54. The van der Waals surface area contributed by atoms with Crippen LogP contribution in [0.3, 0.4) is 0 Å².